The Hall–Kier alpha value is -0.440. The van der Waals surface area contributed by atoms with Crippen molar-refractivity contribution in [3.8, 4) is 11.8 Å². The molecule has 0 bridgehead atoms. The van der Waals surface area contributed by atoms with Crippen LogP contribution in [0.3, 0.4) is 0 Å². The van der Waals surface area contributed by atoms with Crippen molar-refractivity contribution in [1.82, 2.24) is 0 Å². The lowest BCUT2D eigenvalue weighted by Gasteiger charge is -2.13. The molecule has 0 nitrogen and oxygen atoms in total. The summed E-state index contributed by atoms with van der Waals surface area (Å²) in [6.45, 7) is 9.99. The van der Waals surface area contributed by atoms with Gasteiger partial charge in [0.1, 0.15) is 0 Å². The van der Waals surface area contributed by atoms with Crippen molar-refractivity contribution in [1.29, 1.82) is 0 Å². The molecule has 0 aliphatic heterocycles. The third kappa shape index (κ3) is 10.1. The molecule has 16 heavy (non-hydrogen) atoms. The summed E-state index contributed by atoms with van der Waals surface area (Å²) < 4.78 is 0. The molecule has 0 aromatic rings. The summed E-state index contributed by atoms with van der Waals surface area (Å²) >= 11 is 0. The molecule has 1 atom stereocenters. The Morgan fingerprint density at radius 1 is 0.875 bits per heavy atom. The first kappa shape index (κ1) is 15.6. The molecule has 0 aliphatic rings. The fourth-order valence-electron chi connectivity index (χ4n) is 1.90. The maximum Gasteiger partial charge on any atom is 0.00886 e. The predicted molar refractivity (Wildman–Crippen MR) is 73.8 cm³/mol. The summed E-state index contributed by atoms with van der Waals surface area (Å²) in [6.07, 6.45) is 12.0. The maximum absolute atomic E-state index is 3.91. The molecule has 0 amide bonds. The lowest BCUT2D eigenvalue weighted by atomic mass is 9.93. The van der Waals surface area contributed by atoms with Gasteiger partial charge in [-0.1, -0.05) is 59.3 Å². The normalized spacial score (nSPS) is 11.9. The molecular weight excluding hydrogens is 192 g/mol. The SMILES string of the molecule is [CH2]CCC#CCCCCC(CC)CCC[CH2]. The maximum atomic E-state index is 3.91. The van der Waals surface area contributed by atoms with Crippen LogP contribution in [0.1, 0.15) is 71.1 Å². The van der Waals surface area contributed by atoms with Crippen molar-refractivity contribution in [2.24, 2.45) is 5.92 Å². The van der Waals surface area contributed by atoms with Crippen LogP contribution in [0.25, 0.3) is 0 Å². The van der Waals surface area contributed by atoms with Crippen molar-refractivity contribution in [2.45, 2.75) is 71.1 Å². The van der Waals surface area contributed by atoms with Gasteiger partial charge in [-0.3, -0.25) is 0 Å². The average Bonchev–Trinajstić information content (AvgIpc) is 2.32. The number of hydrogen-bond donors (Lipinski definition) is 0. The summed E-state index contributed by atoms with van der Waals surface area (Å²) in [7, 11) is 0. The minimum atomic E-state index is 0.926. The summed E-state index contributed by atoms with van der Waals surface area (Å²) in [5.41, 5.74) is 0. The second-order valence-electron chi connectivity index (χ2n) is 4.47. The second kappa shape index (κ2) is 12.6. The van der Waals surface area contributed by atoms with Crippen LogP contribution in [-0.4, -0.2) is 0 Å². The van der Waals surface area contributed by atoms with Crippen LogP contribution >= 0.6 is 0 Å². The molecule has 0 heteroatoms. The molecule has 2 radical (unpaired) electrons. The van der Waals surface area contributed by atoms with E-state index in [0.717, 1.165) is 31.6 Å². The van der Waals surface area contributed by atoms with Crippen LogP contribution in [0.15, 0.2) is 0 Å². The summed E-state index contributed by atoms with van der Waals surface area (Å²) in [4.78, 5) is 0. The van der Waals surface area contributed by atoms with E-state index in [1.54, 1.807) is 0 Å². The molecule has 0 aliphatic carbocycles. The summed E-state index contributed by atoms with van der Waals surface area (Å²) in [5, 5.41) is 0. The average molecular weight is 220 g/mol. The molecule has 0 fully saturated rings. The Morgan fingerprint density at radius 2 is 1.56 bits per heavy atom. The molecule has 0 spiro atoms. The largest absolute Gasteiger partial charge is 0.103 e. The number of hydrogen-bond acceptors (Lipinski definition) is 0. The molecule has 0 aromatic carbocycles. The second-order valence-corrected chi connectivity index (χ2v) is 4.47. The van der Waals surface area contributed by atoms with Crippen molar-refractivity contribution >= 4 is 0 Å². The molecular formula is C16H28. The first-order valence-corrected chi connectivity index (χ1v) is 6.89. The Labute approximate surface area is 103 Å². The topological polar surface area (TPSA) is 0 Å². The van der Waals surface area contributed by atoms with Gasteiger partial charge < -0.3 is 0 Å². The Kier molecular flexibility index (Phi) is 12.3. The van der Waals surface area contributed by atoms with Gasteiger partial charge in [0, 0.05) is 12.8 Å². The van der Waals surface area contributed by atoms with E-state index in [9.17, 15) is 0 Å². The fraction of sp³-hybridized carbons (Fsp3) is 0.750. The van der Waals surface area contributed by atoms with Gasteiger partial charge in [0.2, 0.25) is 0 Å². The smallest absolute Gasteiger partial charge is 0.00886 e. The van der Waals surface area contributed by atoms with Crippen LogP contribution in [0.2, 0.25) is 0 Å². The first-order valence-electron chi connectivity index (χ1n) is 6.89. The van der Waals surface area contributed by atoms with Crippen LogP contribution in [0.4, 0.5) is 0 Å². The minimum absolute atomic E-state index is 0.926. The number of rotatable bonds is 9. The standard InChI is InChI=1S/C16H28/c1-4-7-9-10-11-12-13-15-16(6-3)14-8-5-2/h16H,1-2,4-8,11-15H2,3H3. The van der Waals surface area contributed by atoms with Gasteiger partial charge in [-0.2, -0.15) is 0 Å². The fourth-order valence-corrected chi connectivity index (χ4v) is 1.90. The monoisotopic (exact) mass is 220 g/mol. The van der Waals surface area contributed by atoms with E-state index in [1.165, 1.54) is 38.5 Å². The molecule has 0 rings (SSSR count). The third-order valence-corrected chi connectivity index (χ3v) is 3.03. The molecule has 0 N–H and O–H groups in total. The Morgan fingerprint density at radius 3 is 2.19 bits per heavy atom. The van der Waals surface area contributed by atoms with Gasteiger partial charge in [0.05, 0.1) is 0 Å². The van der Waals surface area contributed by atoms with Crippen LogP contribution < -0.4 is 0 Å². The molecule has 1 unspecified atom stereocenters. The van der Waals surface area contributed by atoms with E-state index < -0.39 is 0 Å². The van der Waals surface area contributed by atoms with Gasteiger partial charge in [-0.15, -0.1) is 11.8 Å². The molecule has 0 aromatic heterocycles. The van der Waals surface area contributed by atoms with E-state index in [-0.39, 0.29) is 0 Å². The van der Waals surface area contributed by atoms with E-state index in [0.29, 0.717) is 0 Å². The first-order chi connectivity index (χ1) is 7.85. The molecule has 92 valence electrons. The van der Waals surface area contributed by atoms with E-state index in [1.807, 2.05) is 0 Å². The van der Waals surface area contributed by atoms with Crippen molar-refractivity contribution in [3.63, 3.8) is 0 Å². The zero-order chi connectivity index (χ0) is 12.1. The van der Waals surface area contributed by atoms with Gasteiger partial charge >= 0.3 is 0 Å². The Bertz CT molecular complexity index is 182. The summed E-state index contributed by atoms with van der Waals surface area (Å²) in [5.74, 6) is 7.30. The highest BCUT2D eigenvalue weighted by Crippen LogP contribution is 2.19. The van der Waals surface area contributed by atoms with Gasteiger partial charge in [-0.25, -0.2) is 0 Å². The zero-order valence-electron chi connectivity index (χ0n) is 11.1. The molecule has 0 saturated heterocycles. The van der Waals surface area contributed by atoms with Gasteiger partial charge in [-0.05, 0) is 18.8 Å². The van der Waals surface area contributed by atoms with E-state index >= 15 is 0 Å². The van der Waals surface area contributed by atoms with E-state index in [2.05, 4.69) is 32.6 Å². The van der Waals surface area contributed by atoms with Crippen LogP contribution in [0, 0.1) is 31.6 Å². The Balaban J connectivity index is 3.38. The van der Waals surface area contributed by atoms with Gasteiger partial charge in [0.25, 0.3) is 0 Å². The molecule has 0 saturated carbocycles. The highest BCUT2D eigenvalue weighted by molar-refractivity contribution is 4.98. The van der Waals surface area contributed by atoms with Crippen molar-refractivity contribution in [3.05, 3.63) is 13.8 Å². The van der Waals surface area contributed by atoms with Gasteiger partial charge in [0.15, 0.2) is 0 Å². The van der Waals surface area contributed by atoms with Crippen LogP contribution in [-0.2, 0) is 0 Å². The van der Waals surface area contributed by atoms with E-state index in [4.69, 9.17) is 0 Å². The highest BCUT2D eigenvalue weighted by atomic mass is 14.1. The van der Waals surface area contributed by atoms with Crippen LogP contribution in [0.5, 0.6) is 0 Å². The third-order valence-electron chi connectivity index (χ3n) is 3.03. The predicted octanol–water partition coefficient (Wildman–Crippen LogP) is 5.20. The van der Waals surface area contributed by atoms with Crippen molar-refractivity contribution < 1.29 is 0 Å². The zero-order valence-corrected chi connectivity index (χ0v) is 11.1. The minimum Gasteiger partial charge on any atom is -0.103 e. The van der Waals surface area contributed by atoms with Crippen molar-refractivity contribution in [2.75, 3.05) is 0 Å². The highest BCUT2D eigenvalue weighted by Gasteiger charge is 2.04. The summed E-state index contributed by atoms with van der Waals surface area (Å²) in [6, 6.07) is 0. The quantitative estimate of drug-likeness (QED) is 0.370. The lowest BCUT2D eigenvalue weighted by Crippen LogP contribution is -1.98. The lowest BCUT2D eigenvalue weighted by molar-refractivity contribution is 0.409. The molecule has 0 heterocycles. The number of unbranched alkanes of at least 4 members (excludes halogenated alkanes) is 4.